The Bertz CT molecular complexity index is 688. The Morgan fingerprint density at radius 2 is 1.67 bits per heavy atom. The maximum atomic E-state index is 12.8. The molecule has 2 aliphatic carbocycles. The van der Waals surface area contributed by atoms with E-state index in [9.17, 15) is 14.7 Å². The van der Waals surface area contributed by atoms with E-state index < -0.39 is 17.8 Å². The molecule has 2 aliphatic rings. The van der Waals surface area contributed by atoms with Gasteiger partial charge < -0.3 is 15.2 Å². The van der Waals surface area contributed by atoms with Gasteiger partial charge in [0, 0.05) is 5.69 Å². The lowest BCUT2D eigenvalue weighted by molar-refractivity contribution is -0.148. The van der Waals surface area contributed by atoms with Crippen LogP contribution in [0.5, 0.6) is 5.75 Å². The van der Waals surface area contributed by atoms with Crippen LogP contribution in [-0.2, 0) is 9.59 Å². The summed E-state index contributed by atoms with van der Waals surface area (Å²) in [5, 5.41) is 12.6. The highest BCUT2D eigenvalue weighted by atomic mass is 16.5. The molecule has 24 heavy (non-hydrogen) atoms. The van der Waals surface area contributed by atoms with Crippen molar-refractivity contribution in [3.8, 4) is 5.75 Å². The van der Waals surface area contributed by atoms with Crippen LogP contribution in [0.3, 0.4) is 0 Å². The van der Waals surface area contributed by atoms with Gasteiger partial charge >= 0.3 is 5.97 Å². The van der Waals surface area contributed by atoms with Crippen LogP contribution >= 0.6 is 0 Å². The molecular formula is C19H23NO4. The fourth-order valence-corrected chi connectivity index (χ4v) is 4.50. The van der Waals surface area contributed by atoms with Gasteiger partial charge in [-0.15, -0.1) is 0 Å². The predicted molar refractivity (Wildman–Crippen MR) is 90.8 cm³/mol. The van der Waals surface area contributed by atoms with Crippen molar-refractivity contribution in [2.24, 2.45) is 23.7 Å². The first kappa shape index (κ1) is 16.6. The second kappa shape index (κ2) is 6.30. The van der Waals surface area contributed by atoms with E-state index in [2.05, 4.69) is 5.32 Å². The van der Waals surface area contributed by atoms with Crippen LogP contribution < -0.4 is 10.1 Å². The number of fused-ring (bicyclic) bond motifs is 2. The maximum Gasteiger partial charge on any atom is 0.307 e. The number of nitrogens with one attached hydrogen (secondary N) is 1. The minimum atomic E-state index is -0.865. The van der Waals surface area contributed by atoms with E-state index in [1.165, 1.54) is 5.57 Å². The van der Waals surface area contributed by atoms with Gasteiger partial charge in [0.2, 0.25) is 5.91 Å². The number of allylic oxidation sites excluding steroid dienone is 2. The number of aliphatic carboxylic acids is 1. The number of amides is 1. The van der Waals surface area contributed by atoms with Crippen molar-refractivity contribution in [1.82, 2.24) is 0 Å². The third-order valence-electron chi connectivity index (χ3n) is 5.36. The zero-order chi connectivity index (χ0) is 17.4. The van der Waals surface area contributed by atoms with Crippen LogP contribution in [0.2, 0.25) is 0 Å². The van der Waals surface area contributed by atoms with Crippen LogP contribution in [0.4, 0.5) is 5.69 Å². The van der Waals surface area contributed by atoms with Gasteiger partial charge in [-0.1, -0.05) is 11.1 Å². The Hall–Kier alpha value is -2.30. The van der Waals surface area contributed by atoms with Gasteiger partial charge in [-0.05, 0) is 62.8 Å². The molecule has 4 atom stereocenters. The molecule has 0 aliphatic heterocycles. The summed E-state index contributed by atoms with van der Waals surface area (Å²) in [6.45, 7) is 4.03. The van der Waals surface area contributed by atoms with E-state index in [1.54, 1.807) is 31.4 Å². The van der Waals surface area contributed by atoms with Gasteiger partial charge in [-0.2, -0.15) is 0 Å². The Morgan fingerprint density at radius 1 is 1.08 bits per heavy atom. The second-order valence-electron chi connectivity index (χ2n) is 6.85. The Labute approximate surface area is 141 Å². The second-order valence-corrected chi connectivity index (χ2v) is 6.85. The van der Waals surface area contributed by atoms with Gasteiger partial charge in [0.25, 0.3) is 0 Å². The smallest absolute Gasteiger partial charge is 0.307 e. The third-order valence-corrected chi connectivity index (χ3v) is 5.36. The topological polar surface area (TPSA) is 75.6 Å². The summed E-state index contributed by atoms with van der Waals surface area (Å²) in [6.07, 6.45) is 1.77. The first-order valence-electron chi connectivity index (χ1n) is 8.29. The highest BCUT2D eigenvalue weighted by molar-refractivity contribution is 5.96. The van der Waals surface area contributed by atoms with Crippen molar-refractivity contribution in [2.45, 2.75) is 26.7 Å². The molecule has 2 N–H and O–H groups in total. The number of carboxylic acids is 1. The molecule has 0 saturated heterocycles. The van der Waals surface area contributed by atoms with E-state index in [0.717, 1.165) is 18.4 Å². The van der Waals surface area contributed by atoms with E-state index in [-0.39, 0.29) is 17.7 Å². The zero-order valence-electron chi connectivity index (χ0n) is 14.2. The average Bonchev–Trinajstić information content (AvgIpc) is 3.11. The number of carboxylic acid groups (broad SMARTS) is 1. The van der Waals surface area contributed by atoms with Gasteiger partial charge in [-0.25, -0.2) is 0 Å². The molecule has 3 rings (SSSR count). The number of hydrogen-bond acceptors (Lipinski definition) is 3. The number of carbonyl (C=O) groups is 2. The summed E-state index contributed by atoms with van der Waals surface area (Å²) in [7, 11) is 1.58. The van der Waals surface area contributed by atoms with Crippen LogP contribution in [0, 0.1) is 23.7 Å². The van der Waals surface area contributed by atoms with Crippen LogP contribution in [-0.4, -0.2) is 24.1 Å². The van der Waals surface area contributed by atoms with Gasteiger partial charge in [0.05, 0.1) is 18.9 Å². The lowest BCUT2D eigenvalue weighted by Crippen LogP contribution is -2.37. The highest BCUT2D eigenvalue weighted by Crippen LogP contribution is 2.57. The number of benzene rings is 1. The molecule has 0 unspecified atom stereocenters. The Kier molecular flexibility index (Phi) is 4.35. The lowest BCUT2D eigenvalue weighted by Gasteiger charge is -2.26. The summed E-state index contributed by atoms with van der Waals surface area (Å²) in [5.74, 6) is -1.40. The maximum absolute atomic E-state index is 12.8. The molecular weight excluding hydrogens is 306 g/mol. The van der Waals surface area contributed by atoms with Crippen LogP contribution in [0.25, 0.3) is 0 Å². The monoisotopic (exact) mass is 329 g/mol. The van der Waals surface area contributed by atoms with Crippen molar-refractivity contribution >= 4 is 17.6 Å². The normalized spacial score (nSPS) is 27.9. The van der Waals surface area contributed by atoms with Gasteiger partial charge in [0.15, 0.2) is 0 Å². The molecule has 5 heteroatoms. The highest BCUT2D eigenvalue weighted by Gasteiger charge is 2.57. The summed E-state index contributed by atoms with van der Waals surface area (Å²) in [4.78, 5) is 24.6. The average molecular weight is 329 g/mol. The number of methoxy groups -OCH3 is 1. The molecule has 0 radical (unpaired) electrons. The van der Waals surface area contributed by atoms with Gasteiger partial charge in [-0.3, -0.25) is 9.59 Å². The standard InChI is InChI=1S/C19H23NO4/c1-10(2)15-13-8-9-14(15)17(19(22)23)16(13)18(21)20-11-4-6-12(24-3)7-5-11/h4-7,13-14,16-17H,8-9H2,1-3H3,(H,20,21)(H,22,23)/t13-,14-,16-,17+/m1/s1. The van der Waals surface area contributed by atoms with Crippen molar-refractivity contribution in [3.05, 3.63) is 35.4 Å². The largest absolute Gasteiger partial charge is 0.497 e. The molecule has 128 valence electrons. The number of ether oxygens (including phenoxy) is 1. The summed E-state index contributed by atoms with van der Waals surface area (Å²) in [5.41, 5.74) is 3.01. The Balaban J connectivity index is 1.85. The molecule has 0 spiro atoms. The first-order valence-corrected chi connectivity index (χ1v) is 8.29. The number of hydrogen-bond donors (Lipinski definition) is 2. The fourth-order valence-electron chi connectivity index (χ4n) is 4.50. The molecule has 0 aromatic heterocycles. The van der Waals surface area contributed by atoms with Crippen molar-refractivity contribution in [1.29, 1.82) is 0 Å². The molecule has 2 fully saturated rings. The molecule has 1 amide bonds. The zero-order valence-corrected chi connectivity index (χ0v) is 14.2. The van der Waals surface area contributed by atoms with E-state index in [0.29, 0.717) is 11.4 Å². The minimum absolute atomic E-state index is 0.00381. The molecule has 0 heterocycles. The lowest BCUT2D eigenvalue weighted by atomic mass is 9.78. The predicted octanol–water partition coefficient (Wildman–Crippen LogP) is 3.33. The quantitative estimate of drug-likeness (QED) is 0.831. The number of carbonyl (C=O) groups excluding carboxylic acids is 1. The van der Waals surface area contributed by atoms with E-state index >= 15 is 0 Å². The molecule has 2 saturated carbocycles. The Morgan fingerprint density at radius 3 is 2.17 bits per heavy atom. The van der Waals surface area contributed by atoms with Gasteiger partial charge in [0.1, 0.15) is 5.75 Å². The van der Waals surface area contributed by atoms with Crippen molar-refractivity contribution < 1.29 is 19.4 Å². The number of rotatable bonds is 4. The third kappa shape index (κ3) is 2.68. The van der Waals surface area contributed by atoms with Crippen molar-refractivity contribution in [3.63, 3.8) is 0 Å². The van der Waals surface area contributed by atoms with Crippen molar-refractivity contribution in [2.75, 3.05) is 12.4 Å². The molecule has 1 aromatic carbocycles. The van der Waals surface area contributed by atoms with Crippen LogP contribution in [0.15, 0.2) is 35.4 Å². The fraction of sp³-hybridized carbons (Fsp3) is 0.474. The molecule has 5 nitrogen and oxygen atoms in total. The summed E-state index contributed by atoms with van der Waals surface area (Å²) < 4.78 is 5.11. The SMILES string of the molecule is COc1ccc(NC(=O)[C@H]2[C@@H](C(=O)O)[C@@H]3CC[C@@H]2C3=C(C)C)cc1. The summed E-state index contributed by atoms with van der Waals surface area (Å²) in [6, 6.07) is 7.07. The summed E-state index contributed by atoms with van der Waals surface area (Å²) >= 11 is 0. The van der Waals surface area contributed by atoms with E-state index in [4.69, 9.17) is 4.74 Å². The van der Waals surface area contributed by atoms with Crippen LogP contribution in [0.1, 0.15) is 26.7 Å². The first-order chi connectivity index (χ1) is 11.4. The van der Waals surface area contributed by atoms with E-state index in [1.807, 2.05) is 13.8 Å². The molecule has 1 aromatic rings. The minimum Gasteiger partial charge on any atom is -0.497 e. The molecule has 2 bridgehead atoms. The number of anilines is 1.